The van der Waals surface area contributed by atoms with Crippen molar-refractivity contribution in [1.82, 2.24) is 5.32 Å². The highest BCUT2D eigenvalue weighted by atomic mass is 32.1. The van der Waals surface area contributed by atoms with Crippen molar-refractivity contribution in [2.24, 2.45) is 0 Å². The summed E-state index contributed by atoms with van der Waals surface area (Å²) in [5.41, 5.74) is 2.62. The van der Waals surface area contributed by atoms with Gasteiger partial charge in [-0.25, -0.2) is 0 Å². The molecule has 1 unspecified atom stereocenters. The van der Waals surface area contributed by atoms with Crippen LogP contribution in [0.1, 0.15) is 40.5 Å². The summed E-state index contributed by atoms with van der Waals surface area (Å²) in [7, 11) is 0. The van der Waals surface area contributed by atoms with Gasteiger partial charge in [0.15, 0.2) is 0 Å². The molecule has 3 heteroatoms. The zero-order chi connectivity index (χ0) is 12.4. The Morgan fingerprint density at radius 1 is 1.29 bits per heavy atom. The SMILES string of the molecule is CCNC(c1cc(C)oc1C)c1ccsc1C. The second kappa shape index (κ2) is 5.07. The minimum absolute atomic E-state index is 0.253. The number of nitrogens with one attached hydrogen (secondary N) is 1. The summed E-state index contributed by atoms with van der Waals surface area (Å²) in [6.45, 7) is 9.29. The van der Waals surface area contributed by atoms with Crippen molar-refractivity contribution in [3.05, 3.63) is 45.0 Å². The van der Waals surface area contributed by atoms with E-state index in [2.05, 4.69) is 36.7 Å². The summed E-state index contributed by atoms with van der Waals surface area (Å²) >= 11 is 1.80. The Bertz CT molecular complexity index is 498. The molecule has 1 atom stereocenters. The molecule has 0 aromatic carbocycles. The highest BCUT2D eigenvalue weighted by molar-refractivity contribution is 7.10. The van der Waals surface area contributed by atoms with E-state index < -0.39 is 0 Å². The summed E-state index contributed by atoms with van der Waals surface area (Å²) in [6.07, 6.45) is 0. The van der Waals surface area contributed by atoms with E-state index in [0.717, 1.165) is 18.1 Å². The Kier molecular flexibility index (Phi) is 3.69. The van der Waals surface area contributed by atoms with Crippen LogP contribution in [-0.4, -0.2) is 6.54 Å². The fraction of sp³-hybridized carbons (Fsp3) is 0.429. The van der Waals surface area contributed by atoms with Gasteiger partial charge in [0, 0.05) is 10.4 Å². The molecule has 0 saturated heterocycles. The molecular formula is C14H19NOS. The van der Waals surface area contributed by atoms with E-state index in [1.807, 2.05) is 13.8 Å². The molecule has 0 aliphatic heterocycles. The van der Waals surface area contributed by atoms with Crippen LogP contribution >= 0.6 is 11.3 Å². The number of furan rings is 1. The molecule has 1 N–H and O–H groups in total. The van der Waals surface area contributed by atoms with Gasteiger partial charge in [-0.05, 0) is 50.4 Å². The van der Waals surface area contributed by atoms with Crippen molar-refractivity contribution in [3.63, 3.8) is 0 Å². The first kappa shape index (κ1) is 12.4. The number of hydrogen-bond acceptors (Lipinski definition) is 3. The van der Waals surface area contributed by atoms with Crippen molar-refractivity contribution in [2.45, 2.75) is 33.7 Å². The van der Waals surface area contributed by atoms with E-state index in [1.165, 1.54) is 16.0 Å². The molecule has 0 saturated carbocycles. The van der Waals surface area contributed by atoms with E-state index in [9.17, 15) is 0 Å². The zero-order valence-corrected chi connectivity index (χ0v) is 11.6. The van der Waals surface area contributed by atoms with Crippen LogP contribution in [0.4, 0.5) is 0 Å². The maximum atomic E-state index is 5.64. The smallest absolute Gasteiger partial charge is 0.106 e. The first-order chi connectivity index (χ1) is 8.13. The Morgan fingerprint density at radius 3 is 2.53 bits per heavy atom. The molecule has 2 aromatic heterocycles. The summed E-state index contributed by atoms with van der Waals surface area (Å²) in [5.74, 6) is 1.99. The molecule has 0 spiro atoms. The highest BCUT2D eigenvalue weighted by Crippen LogP contribution is 2.31. The first-order valence-corrected chi connectivity index (χ1v) is 6.85. The van der Waals surface area contributed by atoms with Crippen molar-refractivity contribution < 1.29 is 4.42 Å². The van der Waals surface area contributed by atoms with Crippen LogP contribution < -0.4 is 5.32 Å². The number of hydrogen-bond donors (Lipinski definition) is 1. The Hall–Kier alpha value is -1.06. The average molecular weight is 249 g/mol. The van der Waals surface area contributed by atoms with Gasteiger partial charge in [-0.3, -0.25) is 0 Å². The molecule has 92 valence electrons. The first-order valence-electron chi connectivity index (χ1n) is 5.97. The maximum absolute atomic E-state index is 5.64. The van der Waals surface area contributed by atoms with E-state index >= 15 is 0 Å². The van der Waals surface area contributed by atoms with Gasteiger partial charge in [0.1, 0.15) is 11.5 Å². The molecule has 0 radical (unpaired) electrons. The normalized spacial score (nSPS) is 12.9. The molecule has 0 aliphatic rings. The van der Waals surface area contributed by atoms with Crippen LogP contribution in [-0.2, 0) is 0 Å². The van der Waals surface area contributed by atoms with Gasteiger partial charge >= 0.3 is 0 Å². The molecule has 2 nitrogen and oxygen atoms in total. The van der Waals surface area contributed by atoms with E-state index in [4.69, 9.17) is 4.42 Å². The summed E-state index contributed by atoms with van der Waals surface area (Å²) in [4.78, 5) is 1.37. The standard InChI is InChI=1S/C14H19NOS/c1-5-15-14(12-6-7-17-11(12)4)13-8-9(2)16-10(13)3/h6-8,14-15H,5H2,1-4H3. The van der Waals surface area contributed by atoms with Crippen LogP contribution in [0, 0.1) is 20.8 Å². The quantitative estimate of drug-likeness (QED) is 0.887. The van der Waals surface area contributed by atoms with Crippen molar-refractivity contribution in [3.8, 4) is 0 Å². The Morgan fingerprint density at radius 2 is 2.06 bits per heavy atom. The second-order valence-corrected chi connectivity index (χ2v) is 5.41. The molecular weight excluding hydrogens is 230 g/mol. The maximum Gasteiger partial charge on any atom is 0.106 e. The molecule has 0 amide bonds. The monoisotopic (exact) mass is 249 g/mol. The van der Waals surface area contributed by atoms with Gasteiger partial charge in [-0.15, -0.1) is 11.3 Å². The van der Waals surface area contributed by atoms with Crippen LogP contribution in [0.5, 0.6) is 0 Å². The highest BCUT2D eigenvalue weighted by Gasteiger charge is 2.20. The third-order valence-corrected chi connectivity index (χ3v) is 3.87. The van der Waals surface area contributed by atoms with Crippen LogP contribution in [0.25, 0.3) is 0 Å². The fourth-order valence-corrected chi connectivity index (χ4v) is 2.96. The van der Waals surface area contributed by atoms with Crippen LogP contribution in [0.2, 0.25) is 0 Å². The Balaban J connectivity index is 2.42. The molecule has 2 heterocycles. The third-order valence-electron chi connectivity index (χ3n) is 3.01. The molecule has 0 aliphatic carbocycles. The van der Waals surface area contributed by atoms with E-state index in [-0.39, 0.29) is 6.04 Å². The lowest BCUT2D eigenvalue weighted by Crippen LogP contribution is -2.22. The predicted molar refractivity (Wildman–Crippen MR) is 72.8 cm³/mol. The molecule has 0 fully saturated rings. The topological polar surface area (TPSA) is 25.2 Å². The van der Waals surface area contributed by atoms with Crippen LogP contribution in [0.15, 0.2) is 21.9 Å². The largest absolute Gasteiger partial charge is 0.466 e. The van der Waals surface area contributed by atoms with Crippen molar-refractivity contribution in [1.29, 1.82) is 0 Å². The van der Waals surface area contributed by atoms with Crippen molar-refractivity contribution in [2.75, 3.05) is 6.54 Å². The second-order valence-electron chi connectivity index (χ2n) is 4.29. The lowest BCUT2D eigenvalue weighted by molar-refractivity contribution is 0.495. The molecule has 2 rings (SSSR count). The lowest BCUT2D eigenvalue weighted by atomic mass is 10.00. The fourth-order valence-electron chi connectivity index (χ4n) is 2.22. The zero-order valence-electron chi connectivity index (χ0n) is 10.8. The van der Waals surface area contributed by atoms with Gasteiger partial charge in [0.05, 0.1) is 6.04 Å². The number of aryl methyl sites for hydroxylation is 3. The van der Waals surface area contributed by atoms with Gasteiger partial charge in [-0.1, -0.05) is 6.92 Å². The predicted octanol–water partition coefficient (Wildman–Crippen LogP) is 3.97. The lowest BCUT2D eigenvalue weighted by Gasteiger charge is -2.17. The van der Waals surface area contributed by atoms with Crippen molar-refractivity contribution >= 4 is 11.3 Å². The van der Waals surface area contributed by atoms with Gasteiger partial charge in [-0.2, -0.15) is 0 Å². The molecule has 0 bridgehead atoms. The molecule has 2 aromatic rings. The minimum atomic E-state index is 0.253. The number of rotatable bonds is 4. The van der Waals surface area contributed by atoms with Crippen LogP contribution in [0.3, 0.4) is 0 Å². The van der Waals surface area contributed by atoms with Gasteiger partial charge in [0.2, 0.25) is 0 Å². The summed E-state index contributed by atoms with van der Waals surface area (Å²) in [5, 5.41) is 5.69. The molecule has 17 heavy (non-hydrogen) atoms. The summed E-state index contributed by atoms with van der Waals surface area (Å²) in [6, 6.07) is 4.60. The van der Waals surface area contributed by atoms with Gasteiger partial charge < -0.3 is 9.73 Å². The van der Waals surface area contributed by atoms with E-state index in [1.54, 1.807) is 11.3 Å². The summed E-state index contributed by atoms with van der Waals surface area (Å²) < 4.78 is 5.64. The minimum Gasteiger partial charge on any atom is -0.466 e. The van der Waals surface area contributed by atoms with E-state index in [0.29, 0.717) is 0 Å². The Labute approximate surface area is 107 Å². The number of thiophene rings is 1. The average Bonchev–Trinajstić information content (AvgIpc) is 2.82. The third kappa shape index (κ3) is 2.45. The van der Waals surface area contributed by atoms with Gasteiger partial charge in [0.25, 0.3) is 0 Å².